The van der Waals surface area contributed by atoms with E-state index in [1.807, 2.05) is 13.1 Å². The molecule has 1 aliphatic carbocycles. The van der Waals surface area contributed by atoms with Gasteiger partial charge in [0.25, 0.3) is 0 Å². The van der Waals surface area contributed by atoms with Crippen molar-refractivity contribution < 1.29 is 4.74 Å². The average molecular weight is 234 g/mol. The van der Waals surface area contributed by atoms with Crippen LogP contribution in [0.5, 0.6) is 5.75 Å². The second kappa shape index (κ2) is 5.05. The monoisotopic (exact) mass is 234 g/mol. The summed E-state index contributed by atoms with van der Waals surface area (Å²) in [6.45, 7) is 4.09. The van der Waals surface area contributed by atoms with Crippen LogP contribution >= 0.6 is 0 Å². The highest BCUT2D eigenvalue weighted by Gasteiger charge is 2.25. The highest BCUT2D eigenvalue weighted by Crippen LogP contribution is 2.31. The summed E-state index contributed by atoms with van der Waals surface area (Å²) in [5.74, 6) is 1.65. The Morgan fingerprint density at radius 1 is 1.47 bits per heavy atom. The van der Waals surface area contributed by atoms with Crippen LogP contribution < -0.4 is 10.5 Å². The molecule has 0 radical (unpaired) electrons. The van der Waals surface area contributed by atoms with E-state index in [0.717, 1.165) is 29.0 Å². The quantitative estimate of drug-likeness (QED) is 0.870. The lowest BCUT2D eigenvalue weighted by Crippen LogP contribution is -2.36. The maximum atomic E-state index is 6.23. The molecule has 1 atom stereocenters. The van der Waals surface area contributed by atoms with E-state index in [0.29, 0.717) is 5.92 Å². The van der Waals surface area contributed by atoms with Gasteiger partial charge in [0, 0.05) is 35.5 Å². The molecule has 1 heterocycles. The number of hydrogen-bond donors (Lipinski definition) is 1. The first kappa shape index (κ1) is 12.4. The maximum absolute atomic E-state index is 6.23. The minimum absolute atomic E-state index is 0.252. The van der Waals surface area contributed by atoms with Crippen LogP contribution in [0.4, 0.5) is 0 Å². The van der Waals surface area contributed by atoms with E-state index in [1.54, 1.807) is 7.11 Å². The number of ether oxygens (including phenoxy) is 1. The molecule has 1 aromatic rings. The molecule has 1 aliphatic rings. The number of methoxy groups -OCH3 is 1. The third-order valence-corrected chi connectivity index (χ3v) is 3.93. The SMILES string of the molecule is COc1c(C)cnc(CC(N)C2CCC2)c1C. The normalized spacial score (nSPS) is 17.6. The molecule has 0 aliphatic heterocycles. The van der Waals surface area contributed by atoms with E-state index in [4.69, 9.17) is 10.5 Å². The summed E-state index contributed by atoms with van der Waals surface area (Å²) < 4.78 is 5.42. The van der Waals surface area contributed by atoms with Gasteiger partial charge >= 0.3 is 0 Å². The summed E-state index contributed by atoms with van der Waals surface area (Å²) in [7, 11) is 1.71. The van der Waals surface area contributed by atoms with Crippen molar-refractivity contribution in [1.29, 1.82) is 0 Å². The summed E-state index contributed by atoms with van der Waals surface area (Å²) in [5, 5.41) is 0. The molecule has 0 aromatic carbocycles. The third kappa shape index (κ3) is 2.44. The first-order chi connectivity index (χ1) is 8.13. The smallest absolute Gasteiger partial charge is 0.128 e. The molecule has 1 aromatic heterocycles. The highest BCUT2D eigenvalue weighted by atomic mass is 16.5. The fourth-order valence-corrected chi connectivity index (χ4v) is 2.53. The molecule has 1 fully saturated rings. The van der Waals surface area contributed by atoms with Crippen molar-refractivity contribution in [1.82, 2.24) is 4.98 Å². The van der Waals surface area contributed by atoms with Crippen molar-refractivity contribution in [3.8, 4) is 5.75 Å². The zero-order valence-electron chi connectivity index (χ0n) is 11.0. The van der Waals surface area contributed by atoms with Crippen molar-refractivity contribution in [2.45, 2.75) is 45.6 Å². The van der Waals surface area contributed by atoms with Crippen molar-refractivity contribution in [3.05, 3.63) is 23.0 Å². The Morgan fingerprint density at radius 3 is 2.71 bits per heavy atom. The summed E-state index contributed by atoms with van der Waals surface area (Å²) in [6, 6.07) is 0.252. The van der Waals surface area contributed by atoms with Crippen LogP contribution in [-0.4, -0.2) is 18.1 Å². The summed E-state index contributed by atoms with van der Waals surface area (Å²) in [6.07, 6.45) is 6.65. The number of aryl methyl sites for hydroxylation is 1. The average Bonchev–Trinajstić information content (AvgIpc) is 2.20. The Bertz CT molecular complexity index is 399. The Morgan fingerprint density at radius 2 is 2.18 bits per heavy atom. The van der Waals surface area contributed by atoms with Crippen molar-refractivity contribution in [2.24, 2.45) is 11.7 Å². The third-order valence-electron chi connectivity index (χ3n) is 3.93. The molecular formula is C14H22N2O. The van der Waals surface area contributed by atoms with E-state index in [1.165, 1.54) is 19.3 Å². The minimum atomic E-state index is 0.252. The molecule has 0 bridgehead atoms. The predicted molar refractivity (Wildman–Crippen MR) is 69.3 cm³/mol. The highest BCUT2D eigenvalue weighted by molar-refractivity contribution is 5.41. The molecule has 0 spiro atoms. The number of pyridine rings is 1. The Labute approximate surface area is 103 Å². The van der Waals surface area contributed by atoms with Gasteiger partial charge in [-0.1, -0.05) is 6.42 Å². The lowest BCUT2D eigenvalue weighted by atomic mass is 9.78. The van der Waals surface area contributed by atoms with Crippen LogP contribution in [0.2, 0.25) is 0 Å². The molecule has 2 N–H and O–H groups in total. The molecule has 94 valence electrons. The van der Waals surface area contributed by atoms with Gasteiger partial charge < -0.3 is 10.5 Å². The number of nitrogens with zero attached hydrogens (tertiary/aromatic N) is 1. The molecule has 3 nitrogen and oxygen atoms in total. The van der Waals surface area contributed by atoms with Gasteiger partial charge in [0.2, 0.25) is 0 Å². The predicted octanol–water partition coefficient (Wildman–Crippen LogP) is 2.38. The van der Waals surface area contributed by atoms with Crippen LogP contribution in [0.15, 0.2) is 6.20 Å². The van der Waals surface area contributed by atoms with Gasteiger partial charge in [-0.15, -0.1) is 0 Å². The Kier molecular flexibility index (Phi) is 3.67. The second-order valence-electron chi connectivity index (χ2n) is 5.11. The first-order valence-electron chi connectivity index (χ1n) is 6.38. The number of rotatable bonds is 4. The van der Waals surface area contributed by atoms with Crippen LogP contribution in [-0.2, 0) is 6.42 Å². The molecule has 1 unspecified atom stereocenters. The van der Waals surface area contributed by atoms with Crippen LogP contribution in [0.1, 0.15) is 36.1 Å². The molecule has 1 saturated carbocycles. The van der Waals surface area contributed by atoms with Crippen molar-refractivity contribution in [2.75, 3.05) is 7.11 Å². The zero-order chi connectivity index (χ0) is 12.4. The minimum Gasteiger partial charge on any atom is -0.496 e. The summed E-state index contributed by atoms with van der Waals surface area (Å²) in [4.78, 5) is 4.51. The Balaban J connectivity index is 2.15. The van der Waals surface area contributed by atoms with E-state index < -0.39 is 0 Å². The number of nitrogens with two attached hydrogens (primary N) is 1. The summed E-state index contributed by atoms with van der Waals surface area (Å²) in [5.41, 5.74) is 9.55. The largest absolute Gasteiger partial charge is 0.496 e. The molecule has 17 heavy (non-hydrogen) atoms. The molecule has 0 saturated heterocycles. The lowest BCUT2D eigenvalue weighted by Gasteiger charge is -2.31. The van der Waals surface area contributed by atoms with Crippen molar-refractivity contribution in [3.63, 3.8) is 0 Å². The molecule has 2 rings (SSSR count). The van der Waals surface area contributed by atoms with E-state index in [9.17, 15) is 0 Å². The Hall–Kier alpha value is -1.09. The maximum Gasteiger partial charge on any atom is 0.128 e. The van der Waals surface area contributed by atoms with E-state index in [2.05, 4.69) is 11.9 Å². The van der Waals surface area contributed by atoms with Gasteiger partial charge in [0.15, 0.2) is 0 Å². The van der Waals surface area contributed by atoms with Gasteiger partial charge in [-0.25, -0.2) is 0 Å². The van der Waals surface area contributed by atoms with Gasteiger partial charge in [-0.3, -0.25) is 4.98 Å². The number of aromatic nitrogens is 1. The number of hydrogen-bond acceptors (Lipinski definition) is 3. The first-order valence-corrected chi connectivity index (χ1v) is 6.38. The summed E-state index contributed by atoms with van der Waals surface area (Å²) >= 11 is 0. The van der Waals surface area contributed by atoms with E-state index in [-0.39, 0.29) is 6.04 Å². The second-order valence-corrected chi connectivity index (χ2v) is 5.11. The van der Waals surface area contributed by atoms with Gasteiger partial charge in [0.05, 0.1) is 7.11 Å². The fraction of sp³-hybridized carbons (Fsp3) is 0.643. The standard InChI is InChI=1S/C14H22N2O/c1-9-8-16-13(10(2)14(9)17-3)7-12(15)11-5-4-6-11/h8,11-12H,4-7,15H2,1-3H3. The van der Waals surface area contributed by atoms with E-state index >= 15 is 0 Å². The fourth-order valence-electron chi connectivity index (χ4n) is 2.53. The van der Waals surface area contributed by atoms with Gasteiger partial charge in [0.1, 0.15) is 5.75 Å². The van der Waals surface area contributed by atoms with Crippen molar-refractivity contribution >= 4 is 0 Å². The van der Waals surface area contributed by atoms with Crippen LogP contribution in [0.3, 0.4) is 0 Å². The van der Waals surface area contributed by atoms with Gasteiger partial charge in [-0.2, -0.15) is 0 Å². The van der Waals surface area contributed by atoms with Crippen LogP contribution in [0, 0.1) is 19.8 Å². The zero-order valence-corrected chi connectivity index (χ0v) is 11.0. The molecule has 0 amide bonds. The lowest BCUT2D eigenvalue weighted by molar-refractivity contribution is 0.259. The molecule has 3 heteroatoms. The molecular weight excluding hydrogens is 212 g/mol. The topological polar surface area (TPSA) is 48.1 Å². The van der Waals surface area contributed by atoms with Gasteiger partial charge in [-0.05, 0) is 32.6 Å². The van der Waals surface area contributed by atoms with Crippen LogP contribution in [0.25, 0.3) is 0 Å².